The van der Waals surface area contributed by atoms with Crippen LogP contribution in [-0.4, -0.2) is 20.1 Å². The first-order valence-electron chi connectivity index (χ1n) is 6.35. The lowest BCUT2D eigenvalue weighted by molar-refractivity contribution is 0.0601. The number of carbonyl (C=O) groups is 1. The molecule has 0 amide bonds. The Balaban J connectivity index is 2.26. The number of benzene rings is 2. The van der Waals surface area contributed by atoms with Crippen LogP contribution in [0.3, 0.4) is 0 Å². The molecule has 2 aromatic carbocycles. The maximum Gasteiger partial charge on any atom is 0.339 e. The van der Waals surface area contributed by atoms with Gasteiger partial charge in [0.2, 0.25) is 0 Å². The van der Waals surface area contributed by atoms with E-state index in [4.69, 9.17) is 16.3 Å². The minimum Gasteiger partial charge on any atom is -0.465 e. The smallest absolute Gasteiger partial charge is 0.339 e. The summed E-state index contributed by atoms with van der Waals surface area (Å²) in [6, 6.07) is 11.7. The molecule has 0 aliphatic heterocycles. The highest BCUT2D eigenvalue weighted by molar-refractivity contribution is 6.30. The third-order valence-electron chi connectivity index (χ3n) is 3.12. The van der Waals surface area contributed by atoms with E-state index in [1.54, 1.807) is 24.3 Å². The molecule has 0 radical (unpaired) electrons. The Hall–Kier alpha value is -2.07. The molecule has 0 aromatic heterocycles. The minimum atomic E-state index is -0.446. The van der Waals surface area contributed by atoms with Crippen molar-refractivity contribution in [2.24, 2.45) is 0 Å². The fraction of sp³-hybridized carbons (Fsp3) is 0.188. The van der Waals surface area contributed by atoms with Gasteiger partial charge in [0.05, 0.1) is 23.4 Å². The summed E-state index contributed by atoms with van der Waals surface area (Å²) in [5.74, 6) is -0.840. The molecule has 0 heterocycles. The molecule has 0 unspecified atom stereocenters. The Labute approximate surface area is 127 Å². The van der Waals surface area contributed by atoms with E-state index in [2.05, 4.69) is 0 Å². The number of hydrogen-bond donors (Lipinski definition) is 0. The molecule has 3 nitrogen and oxygen atoms in total. The van der Waals surface area contributed by atoms with Gasteiger partial charge in [-0.25, -0.2) is 9.18 Å². The molecule has 110 valence electrons. The number of anilines is 1. The highest BCUT2D eigenvalue weighted by Crippen LogP contribution is 2.23. The van der Waals surface area contributed by atoms with E-state index >= 15 is 0 Å². The summed E-state index contributed by atoms with van der Waals surface area (Å²) in [4.78, 5) is 13.7. The van der Waals surface area contributed by atoms with Crippen molar-refractivity contribution in [3.8, 4) is 0 Å². The second kappa shape index (κ2) is 6.59. The molecule has 5 heteroatoms. The molecule has 0 aliphatic rings. The summed E-state index contributed by atoms with van der Waals surface area (Å²) >= 11 is 5.78. The third kappa shape index (κ3) is 3.52. The lowest BCUT2D eigenvalue weighted by atomic mass is 10.1. The SMILES string of the molecule is COC(=O)c1ccccc1N(C)Cc1ccc(F)c(Cl)c1. The van der Waals surface area contributed by atoms with Gasteiger partial charge in [-0.3, -0.25) is 0 Å². The number of hydrogen-bond acceptors (Lipinski definition) is 3. The van der Waals surface area contributed by atoms with Gasteiger partial charge < -0.3 is 9.64 Å². The van der Waals surface area contributed by atoms with Crippen LogP contribution < -0.4 is 4.90 Å². The van der Waals surface area contributed by atoms with E-state index < -0.39 is 11.8 Å². The Morgan fingerprint density at radius 2 is 2.00 bits per heavy atom. The average Bonchev–Trinajstić information content (AvgIpc) is 2.50. The molecule has 0 fully saturated rings. The standard InChI is InChI=1S/C16H15ClFNO2/c1-19(10-11-7-8-14(18)13(17)9-11)15-6-4-3-5-12(15)16(20)21-2/h3-9H,10H2,1-2H3. The zero-order valence-electron chi connectivity index (χ0n) is 11.8. The van der Waals surface area contributed by atoms with E-state index in [1.165, 1.54) is 13.2 Å². The number of carbonyl (C=O) groups excluding carboxylic acids is 1. The maximum absolute atomic E-state index is 13.2. The maximum atomic E-state index is 13.2. The van der Waals surface area contributed by atoms with Gasteiger partial charge in [0, 0.05) is 13.6 Å². The van der Waals surface area contributed by atoms with Crippen molar-refractivity contribution in [3.63, 3.8) is 0 Å². The van der Waals surface area contributed by atoms with E-state index in [-0.39, 0.29) is 5.02 Å². The van der Waals surface area contributed by atoms with Gasteiger partial charge in [-0.2, -0.15) is 0 Å². The molecule has 2 aromatic rings. The second-order valence-electron chi connectivity index (χ2n) is 4.61. The largest absolute Gasteiger partial charge is 0.465 e. The van der Waals surface area contributed by atoms with Gasteiger partial charge in [-0.1, -0.05) is 29.8 Å². The van der Waals surface area contributed by atoms with Crippen LogP contribution in [0.4, 0.5) is 10.1 Å². The van der Waals surface area contributed by atoms with Crippen molar-refractivity contribution in [2.75, 3.05) is 19.1 Å². The molecule has 0 N–H and O–H groups in total. The topological polar surface area (TPSA) is 29.5 Å². The number of halogens is 2. The Morgan fingerprint density at radius 1 is 1.29 bits per heavy atom. The van der Waals surface area contributed by atoms with E-state index in [1.807, 2.05) is 24.1 Å². The van der Waals surface area contributed by atoms with Crippen LogP contribution >= 0.6 is 11.6 Å². The van der Waals surface area contributed by atoms with Crippen molar-refractivity contribution in [1.29, 1.82) is 0 Å². The van der Waals surface area contributed by atoms with E-state index in [0.717, 1.165) is 11.3 Å². The van der Waals surface area contributed by atoms with Gasteiger partial charge in [0.1, 0.15) is 5.82 Å². The van der Waals surface area contributed by atoms with Crippen LogP contribution in [0.25, 0.3) is 0 Å². The quantitative estimate of drug-likeness (QED) is 0.802. The molecule has 0 saturated heterocycles. The number of para-hydroxylation sites is 1. The van der Waals surface area contributed by atoms with Crippen LogP contribution in [0.15, 0.2) is 42.5 Å². The minimum absolute atomic E-state index is 0.0853. The van der Waals surface area contributed by atoms with Gasteiger partial charge in [0.15, 0.2) is 0 Å². The number of methoxy groups -OCH3 is 1. The molecular formula is C16H15ClFNO2. The van der Waals surface area contributed by atoms with E-state index in [9.17, 15) is 9.18 Å². The average molecular weight is 308 g/mol. The molecule has 0 atom stereocenters. The van der Waals surface area contributed by atoms with Crippen LogP contribution in [0.5, 0.6) is 0 Å². The Bertz CT molecular complexity index is 660. The summed E-state index contributed by atoms with van der Waals surface area (Å²) in [5, 5.41) is 0.0853. The number of esters is 1. The molecule has 2 rings (SSSR count). The van der Waals surface area contributed by atoms with Crippen molar-refractivity contribution < 1.29 is 13.9 Å². The van der Waals surface area contributed by atoms with Crippen LogP contribution in [0.2, 0.25) is 5.02 Å². The van der Waals surface area contributed by atoms with Crippen molar-refractivity contribution in [2.45, 2.75) is 6.54 Å². The van der Waals surface area contributed by atoms with Crippen LogP contribution in [0.1, 0.15) is 15.9 Å². The molecule has 0 aliphatic carbocycles. The third-order valence-corrected chi connectivity index (χ3v) is 3.41. The lowest BCUT2D eigenvalue weighted by Crippen LogP contribution is -2.19. The predicted molar refractivity (Wildman–Crippen MR) is 81.3 cm³/mol. The Morgan fingerprint density at radius 3 is 2.67 bits per heavy atom. The summed E-state index contributed by atoms with van der Waals surface area (Å²) in [5.41, 5.74) is 2.07. The fourth-order valence-electron chi connectivity index (χ4n) is 2.09. The number of rotatable bonds is 4. The molecule has 21 heavy (non-hydrogen) atoms. The summed E-state index contributed by atoms with van der Waals surface area (Å²) < 4.78 is 17.9. The Kier molecular flexibility index (Phi) is 4.81. The van der Waals surface area contributed by atoms with Crippen molar-refractivity contribution >= 4 is 23.3 Å². The normalized spacial score (nSPS) is 10.3. The van der Waals surface area contributed by atoms with Crippen LogP contribution in [-0.2, 0) is 11.3 Å². The summed E-state index contributed by atoms with van der Waals surface area (Å²) in [6.07, 6.45) is 0. The van der Waals surface area contributed by atoms with Gasteiger partial charge in [0.25, 0.3) is 0 Å². The first-order chi connectivity index (χ1) is 10.0. The fourth-order valence-corrected chi connectivity index (χ4v) is 2.29. The number of nitrogens with zero attached hydrogens (tertiary/aromatic N) is 1. The van der Waals surface area contributed by atoms with Crippen LogP contribution in [0, 0.1) is 5.82 Å². The van der Waals surface area contributed by atoms with Gasteiger partial charge in [-0.05, 0) is 29.8 Å². The molecule has 0 saturated carbocycles. The van der Waals surface area contributed by atoms with E-state index in [0.29, 0.717) is 12.1 Å². The first kappa shape index (κ1) is 15.3. The zero-order chi connectivity index (χ0) is 15.4. The summed E-state index contributed by atoms with van der Waals surface area (Å²) in [7, 11) is 3.19. The van der Waals surface area contributed by atoms with Gasteiger partial charge >= 0.3 is 5.97 Å². The molecule has 0 bridgehead atoms. The first-order valence-corrected chi connectivity index (χ1v) is 6.73. The monoisotopic (exact) mass is 307 g/mol. The molecule has 0 spiro atoms. The van der Waals surface area contributed by atoms with Gasteiger partial charge in [-0.15, -0.1) is 0 Å². The second-order valence-corrected chi connectivity index (χ2v) is 5.02. The van der Waals surface area contributed by atoms with Crippen molar-refractivity contribution in [1.82, 2.24) is 0 Å². The predicted octanol–water partition coefficient (Wildman–Crippen LogP) is 3.90. The van der Waals surface area contributed by atoms with Crippen molar-refractivity contribution in [3.05, 3.63) is 64.4 Å². The summed E-state index contributed by atoms with van der Waals surface area (Å²) in [6.45, 7) is 0.494. The zero-order valence-corrected chi connectivity index (χ0v) is 12.5. The number of ether oxygens (including phenoxy) is 1. The highest BCUT2D eigenvalue weighted by atomic mass is 35.5. The molecular weight excluding hydrogens is 293 g/mol. The lowest BCUT2D eigenvalue weighted by Gasteiger charge is -2.22. The highest BCUT2D eigenvalue weighted by Gasteiger charge is 2.14.